The van der Waals surface area contributed by atoms with Crippen molar-refractivity contribution >= 4 is 18.1 Å². The highest BCUT2D eigenvalue weighted by Gasteiger charge is 2.13. The van der Waals surface area contributed by atoms with Gasteiger partial charge in [0.2, 0.25) is 0 Å². The number of carbonyl (C=O) groups excluding carboxylic acids is 1. The van der Waals surface area contributed by atoms with Gasteiger partial charge in [0.25, 0.3) is 5.91 Å². The minimum absolute atomic E-state index is 0.189. The molecule has 0 saturated carbocycles. The monoisotopic (exact) mass is 448 g/mol. The predicted molar refractivity (Wildman–Crippen MR) is 124 cm³/mol. The zero-order chi connectivity index (χ0) is 23.8. The summed E-state index contributed by atoms with van der Waals surface area (Å²) in [5, 5.41) is 13.1. The van der Waals surface area contributed by atoms with Crippen molar-refractivity contribution in [2.45, 2.75) is 13.5 Å². The van der Waals surface area contributed by atoms with Crippen LogP contribution in [0.2, 0.25) is 0 Å². The van der Waals surface area contributed by atoms with E-state index in [-0.39, 0.29) is 12.2 Å². The van der Waals surface area contributed by atoms with Gasteiger partial charge in [-0.3, -0.25) is 4.79 Å². The van der Waals surface area contributed by atoms with Gasteiger partial charge < -0.3 is 19.3 Å². The normalized spacial score (nSPS) is 10.6. The molecule has 2 N–H and O–H groups in total. The molecule has 170 valence electrons. The van der Waals surface area contributed by atoms with Gasteiger partial charge >= 0.3 is 5.97 Å². The summed E-state index contributed by atoms with van der Waals surface area (Å²) in [6.07, 6.45) is 1.46. The summed E-state index contributed by atoms with van der Waals surface area (Å²) < 4.78 is 16.6. The Morgan fingerprint density at radius 2 is 1.73 bits per heavy atom. The number of ether oxygens (including phenoxy) is 3. The van der Waals surface area contributed by atoms with Crippen molar-refractivity contribution in [1.29, 1.82) is 0 Å². The zero-order valence-electron chi connectivity index (χ0n) is 18.5. The second kappa shape index (κ2) is 10.8. The van der Waals surface area contributed by atoms with E-state index in [1.165, 1.54) is 32.6 Å². The van der Waals surface area contributed by atoms with E-state index in [0.717, 1.165) is 11.1 Å². The molecule has 0 aliphatic heterocycles. The molecule has 1 amide bonds. The number of hydrogen-bond donors (Lipinski definition) is 2. The Morgan fingerprint density at radius 3 is 2.39 bits per heavy atom. The van der Waals surface area contributed by atoms with E-state index in [0.29, 0.717) is 28.4 Å². The van der Waals surface area contributed by atoms with Gasteiger partial charge in [-0.05, 0) is 54.4 Å². The fraction of sp³-hybridized carbons (Fsp3) is 0.160. The first-order chi connectivity index (χ1) is 15.9. The highest BCUT2D eigenvalue weighted by Crippen LogP contribution is 2.31. The number of nitrogens with one attached hydrogen (secondary N) is 1. The first kappa shape index (κ1) is 23.3. The van der Waals surface area contributed by atoms with Crippen molar-refractivity contribution in [3.63, 3.8) is 0 Å². The molecule has 0 unspecified atom stereocenters. The van der Waals surface area contributed by atoms with Crippen LogP contribution in [-0.4, -0.2) is 37.4 Å². The van der Waals surface area contributed by atoms with Gasteiger partial charge in [-0.15, -0.1) is 0 Å². The predicted octanol–water partition coefficient (Wildman–Crippen LogP) is 4.05. The molecule has 8 heteroatoms. The molecule has 0 atom stereocenters. The molecule has 0 bridgehead atoms. The third-order valence-corrected chi connectivity index (χ3v) is 4.78. The maximum atomic E-state index is 12.5. The van der Waals surface area contributed by atoms with Gasteiger partial charge in [0.05, 0.1) is 31.6 Å². The van der Waals surface area contributed by atoms with Gasteiger partial charge in [-0.1, -0.05) is 24.3 Å². The van der Waals surface area contributed by atoms with Gasteiger partial charge in [-0.25, -0.2) is 10.2 Å². The van der Waals surface area contributed by atoms with Crippen molar-refractivity contribution in [3.8, 4) is 17.2 Å². The number of hydrazone groups is 1. The van der Waals surface area contributed by atoms with E-state index in [9.17, 15) is 9.59 Å². The van der Waals surface area contributed by atoms with Gasteiger partial charge in [0, 0.05) is 5.56 Å². The number of benzene rings is 3. The largest absolute Gasteiger partial charge is 0.496 e. The summed E-state index contributed by atoms with van der Waals surface area (Å²) in [7, 11) is 3.03. The number of carbonyl (C=O) groups is 2. The number of methoxy groups -OCH3 is 2. The Balaban J connectivity index is 1.74. The molecule has 8 nitrogen and oxygen atoms in total. The van der Waals surface area contributed by atoms with Crippen molar-refractivity contribution in [2.75, 3.05) is 14.2 Å². The molecule has 3 rings (SSSR count). The number of amides is 1. The SMILES string of the molecule is COc1cc(C)ccc1C(=O)NN=Cc1cccc(OC)c1OCc1ccc(C(=O)O)cc1. The van der Waals surface area contributed by atoms with Crippen LogP contribution in [0.15, 0.2) is 65.8 Å². The lowest BCUT2D eigenvalue weighted by Crippen LogP contribution is -2.18. The summed E-state index contributed by atoms with van der Waals surface area (Å²) in [5.74, 6) is -0.00846. The molecule has 0 fully saturated rings. The van der Waals surface area contributed by atoms with Crippen LogP contribution in [0.3, 0.4) is 0 Å². The topological polar surface area (TPSA) is 106 Å². The van der Waals surface area contributed by atoms with E-state index in [1.807, 2.05) is 13.0 Å². The zero-order valence-corrected chi connectivity index (χ0v) is 18.5. The molecule has 0 spiro atoms. The summed E-state index contributed by atoms with van der Waals surface area (Å²) in [6.45, 7) is 2.10. The van der Waals surface area contributed by atoms with Crippen LogP contribution < -0.4 is 19.6 Å². The highest BCUT2D eigenvalue weighted by molar-refractivity contribution is 5.97. The Bertz CT molecular complexity index is 1170. The minimum Gasteiger partial charge on any atom is -0.496 e. The molecular formula is C25H24N2O6. The summed E-state index contributed by atoms with van der Waals surface area (Å²) in [4.78, 5) is 23.5. The molecule has 0 aliphatic rings. The average molecular weight is 448 g/mol. The van der Waals surface area contributed by atoms with Crippen LogP contribution >= 0.6 is 0 Å². The minimum atomic E-state index is -0.990. The molecule has 0 saturated heterocycles. The van der Waals surface area contributed by atoms with Crippen LogP contribution in [0.5, 0.6) is 17.2 Å². The third-order valence-electron chi connectivity index (χ3n) is 4.78. The Hall–Kier alpha value is -4.33. The highest BCUT2D eigenvalue weighted by atomic mass is 16.5. The molecule has 0 aromatic heterocycles. The molecule has 0 aliphatic carbocycles. The lowest BCUT2D eigenvalue weighted by Gasteiger charge is -2.13. The number of rotatable bonds is 9. The second-order valence-electron chi connectivity index (χ2n) is 7.07. The number of aromatic carboxylic acids is 1. The molecule has 3 aromatic carbocycles. The number of para-hydroxylation sites is 1. The Labute approximate surface area is 191 Å². The Kier molecular flexibility index (Phi) is 7.64. The molecule has 3 aromatic rings. The summed E-state index contributed by atoms with van der Waals surface area (Å²) in [6, 6.07) is 17.0. The van der Waals surface area contributed by atoms with Crippen LogP contribution in [0.1, 0.15) is 37.4 Å². The molecule has 33 heavy (non-hydrogen) atoms. The maximum Gasteiger partial charge on any atom is 0.335 e. The van der Waals surface area contributed by atoms with Crippen LogP contribution in [0.4, 0.5) is 0 Å². The van der Waals surface area contributed by atoms with E-state index >= 15 is 0 Å². The van der Waals surface area contributed by atoms with E-state index < -0.39 is 11.9 Å². The van der Waals surface area contributed by atoms with E-state index in [2.05, 4.69) is 10.5 Å². The Morgan fingerprint density at radius 1 is 1.00 bits per heavy atom. The van der Waals surface area contributed by atoms with Gasteiger partial charge in [0.15, 0.2) is 11.5 Å². The van der Waals surface area contributed by atoms with Crippen LogP contribution in [0.25, 0.3) is 0 Å². The quantitative estimate of drug-likeness (QED) is 0.378. The number of carboxylic acid groups (broad SMARTS) is 1. The number of aryl methyl sites for hydroxylation is 1. The van der Waals surface area contributed by atoms with Crippen molar-refractivity contribution in [2.24, 2.45) is 5.10 Å². The lowest BCUT2D eigenvalue weighted by atomic mass is 10.1. The smallest absolute Gasteiger partial charge is 0.335 e. The summed E-state index contributed by atoms with van der Waals surface area (Å²) >= 11 is 0. The number of nitrogens with zero attached hydrogens (tertiary/aromatic N) is 1. The summed E-state index contributed by atoms with van der Waals surface area (Å²) in [5.41, 5.74) is 5.41. The van der Waals surface area contributed by atoms with Crippen LogP contribution in [-0.2, 0) is 6.61 Å². The molecular weight excluding hydrogens is 424 g/mol. The average Bonchev–Trinajstić information content (AvgIpc) is 2.82. The first-order valence-electron chi connectivity index (χ1n) is 10.0. The number of carboxylic acids is 1. The fourth-order valence-electron chi connectivity index (χ4n) is 3.06. The third kappa shape index (κ3) is 5.88. The van der Waals surface area contributed by atoms with Crippen molar-refractivity contribution in [1.82, 2.24) is 5.43 Å². The van der Waals surface area contributed by atoms with Crippen molar-refractivity contribution in [3.05, 3.63) is 88.5 Å². The van der Waals surface area contributed by atoms with Gasteiger partial charge in [-0.2, -0.15) is 5.10 Å². The van der Waals surface area contributed by atoms with Crippen LogP contribution in [0, 0.1) is 6.92 Å². The molecule has 0 heterocycles. The first-order valence-corrected chi connectivity index (χ1v) is 10.0. The number of hydrogen-bond acceptors (Lipinski definition) is 6. The van der Waals surface area contributed by atoms with Gasteiger partial charge in [0.1, 0.15) is 12.4 Å². The second-order valence-corrected chi connectivity index (χ2v) is 7.07. The van der Waals surface area contributed by atoms with E-state index in [4.69, 9.17) is 19.3 Å². The molecule has 0 radical (unpaired) electrons. The van der Waals surface area contributed by atoms with Crippen molar-refractivity contribution < 1.29 is 28.9 Å². The maximum absolute atomic E-state index is 12.5. The van der Waals surface area contributed by atoms with E-state index in [1.54, 1.807) is 42.5 Å². The standard InChI is InChI=1S/C25H24N2O6/c1-16-7-12-20(22(13-16)32-3)24(28)27-26-14-19-5-4-6-21(31-2)23(19)33-15-17-8-10-18(11-9-17)25(29)30/h4-14H,15H2,1-3H3,(H,27,28)(H,29,30). The lowest BCUT2D eigenvalue weighted by molar-refractivity contribution is 0.0696. The fourth-order valence-corrected chi connectivity index (χ4v) is 3.06.